The highest BCUT2D eigenvalue weighted by molar-refractivity contribution is 6.41. The molecule has 7 nitrogen and oxygen atoms in total. The second kappa shape index (κ2) is 9.45. The SMILES string of the molecule is NCc1cccc(C2CCN(C(=O)c3ccccc3NC(=O)C(=O)CO)CC2)c1. The summed E-state index contributed by atoms with van der Waals surface area (Å²) < 4.78 is 0. The van der Waals surface area contributed by atoms with E-state index in [1.54, 1.807) is 29.2 Å². The van der Waals surface area contributed by atoms with E-state index in [1.165, 1.54) is 5.56 Å². The van der Waals surface area contributed by atoms with Gasteiger partial charge in [-0.1, -0.05) is 36.4 Å². The average molecular weight is 395 g/mol. The minimum Gasteiger partial charge on any atom is -0.388 e. The van der Waals surface area contributed by atoms with Crippen molar-refractivity contribution in [3.05, 3.63) is 65.2 Å². The van der Waals surface area contributed by atoms with Crippen molar-refractivity contribution < 1.29 is 19.5 Å². The Balaban J connectivity index is 1.68. The van der Waals surface area contributed by atoms with Gasteiger partial charge in [-0.2, -0.15) is 0 Å². The van der Waals surface area contributed by atoms with E-state index in [0.717, 1.165) is 18.4 Å². The molecule has 0 aliphatic carbocycles. The number of rotatable bonds is 6. The van der Waals surface area contributed by atoms with E-state index < -0.39 is 18.3 Å². The number of hydrogen-bond acceptors (Lipinski definition) is 5. The number of amides is 2. The maximum atomic E-state index is 13.0. The zero-order chi connectivity index (χ0) is 20.8. The Hall–Kier alpha value is -3.03. The highest BCUT2D eigenvalue weighted by Crippen LogP contribution is 2.30. The van der Waals surface area contributed by atoms with Crippen LogP contribution >= 0.6 is 0 Å². The van der Waals surface area contributed by atoms with Crippen LogP contribution in [0.2, 0.25) is 0 Å². The van der Waals surface area contributed by atoms with Crippen LogP contribution in [0.4, 0.5) is 5.69 Å². The number of para-hydroxylation sites is 1. The molecular weight excluding hydrogens is 370 g/mol. The monoisotopic (exact) mass is 395 g/mol. The standard InChI is InChI=1S/C22H25N3O4/c23-13-15-4-3-5-17(12-15)16-8-10-25(11-9-16)22(29)18-6-1-2-7-19(18)24-21(28)20(27)14-26/h1-7,12,16,26H,8-11,13-14,23H2,(H,24,28). The minimum absolute atomic E-state index is 0.188. The highest BCUT2D eigenvalue weighted by atomic mass is 16.3. The molecule has 0 bridgehead atoms. The smallest absolute Gasteiger partial charge is 0.294 e. The van der Waals surface area contributed by atoms with Gasteiger partial charge in [0.25, 0.3) is 11.8 Å². The summed E-state index contributed by atoms with van der Waals surface area (Å²) in [6, 6.07) is 14.8. The Labute approximate surface area is 169 Å². The van der Waals surface area contributed by atoms with Gasteiger partial charge >= 0.3 is 0 Å². The van der Waals surface area contributed by atoms with Crippen LogP contribution < -0.4 is 11.1 Å². The highest BCUT2D eigenvalue weighted by Gasteiger charge is 2.26. The number of nitrogens with one attached hydrogen (secondary N) is 1. The second-order valence-electron chi connectivity index (χ2n) is 7.10. The fraction of sp³-hybridized carbons (Fsp3) is 0.318. The molecule has 2 aromatic rings. The molecule has 0 saturated carbocycles. The number of ketones is 1. The topological polar surface area (TPSA) is 113 Å². The molecule has 1 aliphatic rings. The molecule has 7 heteroatoms. The van der Waals surface area contributed by atoms with E-state index in [4.69, 9.17) is 10.8 Å². The maximum absolute atomic E-state index is 13.0. The van der Waals surface area contributed by atoms with Crippen molar-refractivity contribution >= 4 is 23.3 Å². The third kappa shape index (κ3) is 4.88. The van der Waals surface area contributed by atoms with Gasteiger partial charge in [-0.3, -0.25) is 14.4 Å². The van der Waals surface area contributed by atoms with E-state index in [2.05, 4.69) is 17.4 Å². The van der Waals surface area contributed by atoms with Crippen molar-refractivity contribution in [1.82, 2.24) is 4.90 Å². The fourth-order valence-electron chi connectivity index (χ4n) is 3.60. The molecule has 1 aliphatic heterocycles. The molecule has 152 valence electrons. The number of benzene rings is 2. The normalized spacial score (nSPS) is 14.5. The molecule has 0 radical (unpaired) electrons. The number of aliphatic hydroxyl groups excluding tert-OH is 1. The van der Waals surface area contributed by atoms with Gasteiger partial charge in [0.2, 0.25) is 5.78 Å². The summed E-state index contributed by atoms with van der Waals surface area (Å²) in [4.78, 5) is 37.9. The summed E-state index contributed by atoms with van der Waals surface area (Å²) in [6.07, 6.45) is 1.69. The Morgan fingerprint density at radius 1 is 1.07 bits per heavy atom. The number of nitrogens with two attached hydrogens (primary N) is 1. The number of piperidine rings is 1. The number of carbonyl (C=O) groups excluding carboxylic acids is 3. The summed E-state index contributed by atoms with van der Waals surface area (Å²) in [5.74, 6) is -1.70. The molecule has 2 amide bonds. The number of carbonyl (C=O) groups is 3. The minimum atomic E-state index is -0.951. The number of likely N-dealkylation sites (tertiary alicyclic amines) is 1. The predicted octanol–water partition coefficient (Wildman–Crippen LogP) is 1.66. The molecule has 3 rings (SSSR count). The summed E-state index contributed by atoms with van der Waals surface area (Å²) in [7, 11) is 0. The molecule has 0 atom stereocenters. The van der Waals surface area contributed by atoms with E-state index in [1.807, 2.05) is 12.1 Å². The lowest BCUT2D eigenvalue weighted by atomic mass is 9.88. The van der Waals surface area contributed by atoms with Crippen LogP contribution in [0, 0.1) is 0 Å². The molecule has 29 heavy (non-hydrogen) atoms. The summed E-state index contributed by atoms with van der Waals surface area (Å²) in [5, 5.41) is 11.2. The molecule has 4 N–H and O–H groups in total. The molecular formula is C22H25N3O4. The Kier molecular flexibility index (Phi) is 6.74. The van der Waals surface area contributed by atoms with Gasteiger partial charge in [-0.05, 0) is 42.0 Å². The van der Waals surface area contributed by atoms with Crippen LogP contribution in [0.1, 0.15) is 40.2 Å². The largest absolute Gasteiger partial charge is 0.388 e. The number of hydrogen-bond donors (Lipinski definition) is 3. The first-order valence-electron chi connectivity index (χ1n) is 9.65. The van der Waals surface area contributed by atoms with Crippen LogP contribution in [0.5, 0.6) is 0 Å². The van der Waals surface area contributed by atoms with Gasteiger partial charge < -0.3 is 21.1 Å². The number of anilines is 1. The Morgan fingerprint density at radius 3 is 2.48 bits per heavy atom. The predicted molar refractivity (Wildman–Crippen MR) is 109 cm³/mol. The molecule has 0 unspecified atom stereocenters. The lowest BCUT2D eigenvalue weighted by molar-refractivity contribution is -0.136. The number of Topliss-reactive ketones (excluding diaryl/α,β-unsaturated/α-hetero) is 1. The van der Waals surface area contributed by atoms with Gasteiger partial charge in [0.1, 0.15) is 6.61 Å². The Bertz CT molecular complexity index is 904. The molecule has 0 aromatic heterocycles. The van der Waals surface area contributed by atoms with Crippen molar-refractivity contribution in [2.24, 2.45) is 5.73 Å². The summed E-state index contributed by atoms with van der Waals surface area (Å²) in [6.45, 7) is 0.843. The maximum Gasteiger partial charge on any atom is 0.294 e. The second-order valence-corrected chi connectivity index (χ2v) is 7.10. The van der Waals surface area contributed by atoms with Crippen molar-refractivity contribution in [1.29, 1.82) is 0 Å². The third-order valence-electron chi connectivity index (χ3n) is 5.24. The van der Waals surface area contributed by atoms with Crippen LogP contribution in [0.3, 0.4) is 0 Å². The first-order valence-corrected chi connectivity index (χ1v) is 9.65. The van der Waals surface area contributed by atoms with Crippen molar-refractivity contribution in [2.45, 2.75) is 25.3 Å². The van der Waals surface area contributed by atoms with Gasteiger partial charge in [0.15, 0.2) is 0 Å². The fourth-order valence-corrected chi connectivity index (χ4v) is 3.60. The zero-order valence-electron chi connectivity index (χ0n) is 16.1. The quantitative estimate of drug-likeness (QED) is 0.644. The molecule has 2 aromatic carbocycles. The van der Waals surface area contributed by atoms with E-state index in [0.29, 0.717) is 31.1 Å². The van der Waals surface area contributed by atoms with Gasteiger partial charge in [0, 0.05) is 19.6 Å². The third-order valence-corrected chi connectivity index (χ3v) is 5.24. The van der Waals surface area contributed by atoms with Gasteiger partial charge in [0.05, 0.1) is 11.3 Å². The van der Waals surface area contributed by atoms with Crippen molar-refractivity contribution in [3.63, 3.8) is 0 Å². The van der Waals surface area contributed by atoms with Gasteiger partial charge in [-0.15, -0.1) is 0 Å². The van der Waals surface area contributed by atoms with E-state index >= 15 is 0 Å². The lowest BCUT2D eigenvalue weighted by Crippen LogP contribution is -2.38. The van der Waals surface area contributed by atoms with E-state index in [9.17, 15) is 14.4 Å². The summed E-state index contributed by atoms with van der Waals surface area (Å²) in [5.41, 5.74) is 8.67. The molecule has 1 heterocycles. The summed E-state index contributed by atoms with van der Waals surface area (Å²) >= 11 is 0. The Morgan fingerprint density at radius 2 is 1.79 bits per heavy atom. The molecule has 1 fully saturated rings. The number of aliphatic hydroxyl groups is 1. The average Bonchev–Trinajstić information content (AvgIpc) is 2.78. The van der Waals surface area contributed by atoms with Crippen molar-refractivity contribution in [2.75, 3.05) is 25.0 Å². The van der Waals surface area contributed by atoms with Crippen LogP contribution in [0.15, 0.2) is 48.5 Å². The molecule has 1 saturated heterocycles. The van der Waals surface area contributed by atoms with Crippen LogP contribution in [-0.2, 0) is 16.1 Å². The van der Waals surface area contributed by atoms with E-state index in [-0.39, 0.29) is 11.6 Å². The van der Waals surface area contributed by atoms with Crippen LogP contribution in [0.25, 0.3) is 0 Å². The number of nitrogens with zero attached hydrogens (tertiary/aromatic N) is 1. The van der Waals surface area contributed by atoms with Crippen LogP contribution in [-0.4, -0.2) is 47.3 Å². The zero-order valence-corrected chi connectivity index (χ0v) is 16.1. The lowest BCUT2D eigenvalue weighted by Gasteiger charge is -2.33. The first-order chi connectivity index (χ1) is 14.0. The first kappa shape index (κ1) is 20.7. The van der Waals surface area contributed by atoms with Crippen molar-refractivity contribution in [3.8, 4) is 0 Å². The van der Waals surface area contributed by atoms with Gasteiger partial charge in [-0.25, -0.2) is 0 Å². The molecule has 0 spiro atoms.